The fourth-order valence-corrected chi connectivity index (χ4v) is 2.11. The van der Waals surface area contributed by atoms with Crippen LogP contribution in [0.25, 0.3) is 0 Å². The van der Waals surface area contributed by atoms with Crippen LogP contribution in [0.1, 0.15) is 10.4 Å². The Kier molecular flexibility index (Phi) is 4.34. The summed E-state index contributed by atoms with van der Waals surface area (Å²) in [5.41, 5.74) is 0.987. The molecule has 0 atom stereocenters. The van der Waals surface area contributed by atoms with Crippen LogP contribution >= 0.6 is 0 Å². The highest BCUT2D eigenvalue weighted by atomic mass is 16.5. The molecule has 5 nitrogen and oxygen atoms in total. The minimum Gasteiger partial charge on any atom is -0.508 e. The molecule has 0 unspecified atom stereocenters. The topological polar surface area (TPSA) is 78.8 Å². The van der Waals surface area contributed by atoms with Gasteiger partial charge >= 0.3 is 0 Å². The van der Waals surface area contributed by atoms with Gasteiger partial charge in [0.15, 0.2) is 0 Å². The summed E-state index contributed by atoms with van der Waals surface area (Å²) in [4.78, 5) is 12.1. The Morgan fingerprint density at radius 2 is 1.42 bits per heavy atom. The molecular weight excluding hydrogens is 306 g/mol. The molecule has 0 aromatic heterocycles. The minimum atomic E-state index is -0.307. The molecule has 3 aromatic carbocycles. The first-order valence-corrected chi connectivity index (χ1v) is 7.27. The number of phenols is 2. The molecule has 1 amide bonds. The van der Waals surface area contributed by atoms with Crippen LogP contribution in [0.15, 0.2) is 72.8 Å². The first-order valence-electron chi connectivity index (χ1n) is 7.27. The molecule has 3 aromatic rings. The van der Waals surface area contributed by atoms with E-state index in [9.17, 15) is 15.0 Å². The Balaban J connectivity index is 1.66. The van der Waals surface area contributed by atoms with Gasteiger partial charge in [0.2, 0.25) is 0 Å². The van der Waals surface area contributed by atoms with Crippen molar-refractivity contribution in [2.45, 2.75) is 0 Å². The van der Waals surface area contributed by atoms with Gasteiger partial charge in [-0.2, -0.15) is 0 Å². The first kappa shape index (κ1) is 15.4. The van der Waals surface area contributed by atoms with E-state index in [1.54, 1.807) is 60.7 Å². The van der Waals surface area contributed by atoms with Gasteiger partial charge in [-0.3, -0.25) is 4.79 Å². The Hall–Kier alpha value is -3.47. The molecule has 3 N–H and O–H groups in total. The predicted octanol–water partition coefficient (Wildman–Crippen LogP) is 4.14. The average molecular weight is 321 g/mol. The zero-order valence-corrected chi connectivity index (χ0v) is 12.6. The van der Waals surface area contributed by atoms with E-state index in [0.717, 1.165) is 0 Å². The molecule has 0 heterocycles. The van der Waals surface area contributed by atoms with Gasteiger partial charge in [0.1, 0.15) is 23.0 Å². The summed E-state index contributed by atoms with van der Waals surface area (Å²) in [6.45, 7) is 0. The van der Waals surface area contributed by atoms with Crippen LogP contribution < -0.4 is 10.1 Å². The first-order chi connectivity index (χ1) is 11.6. The van der Waals surface area contributed by atoms with E-state index < -0.39 is 0 Å². The number of rotatable bonds is 4. The lowest BCUT2D eigenvalue weighted by atomic mass is 10.2. The largest absolute Gasteiger partial charge is 0.508 e. The van der Waals surface area contributed by atoms with E-state index >= 15 is 0 Å². The molecule has 24 heavy (non-hydrogen) atoms. The number of phenolic OH excluding ortho intramolecular Hbond substituents is 2. The zero-order chi connectivity index (χ0) is 16.9. The van der Waals surface area contributed by atoms with Crippen molar-refractivity contribution in [3.63, 3.8) is 0 Å². The normalized spacial score (nSPS) is 10.2. The molecule has 0 radical (unpaired) electrons. The summed E-state index contributed by atoms with van der Waals surface area (Å²) in [5.74, 6) is 1.12. The third kappa shape index (κ3) is 3.84. The standard InChI is InChI=1S/C19H15NO4/c21-15-6-10-18(11-7-15)24-17-8-4-14(5-9-17)20-19(23)13-2-1-3-16(22)12-13/h1-12,21-22H,(H,20,23). The quantitative estimate of drug-likeness (QED) is 0.675. The molecule has 0 spiro atoms. The molecule has 0 fully saturated rings. The zero-order valence-electron chi connectivity index (χ0n) is 12.6. The van der Waals surface area contributed by atoms with Gasteiger partial charge in [-0.05, 0) is 66.7 Å². The van der Waals surface area contributed by atoms with E-state index in [1.165, 1.54) is 12.1 Å². The SMILES string of the molecule is O=C(Nc1ccc(Oc2ccc(O)cc2)cc1)c1cccc(O)c1. The maximum atomic E-state index is 12.1. The van der Waals surface area contributed by atoms with Crippen molar-refractivity contribution >= 4 is 11.6 Å². The lowest BCUT2D eigenvalue weighted by Crippen LogP contribution is -2.11. The van der Waals surface area contributed by atoms with Gasteiger partial charge in [0, 0.05) is 11.3 Å². The molecule has 5 heteroatoms. The summed E-state index contributed by atoms with van der Waals surface area (Å²) < 4.78 is 5.64. The molecule has 3 rings (SSSR count). The maximum absolute atomic E-state index is 12.1. The predicted molar refractivity (Wildman–Crippen MR) is 90.7 cm³/mol. The monoisotopic (exact) mass is 321 g/mol. The van der Waals surface area contributed by atoms with Crippen molar-refractivity contribution < 1.29 is 19.7 Å². The number of nitrogens with one attached hydrogen (secondary N) is 1. The molecule has 0 bridgehead atoms. The second-order valence-electron chi connectivity index (χ2n) is 5.12. The van der Waals surface area contributed by atoms with Crippen molar-refractivity contribution in [3.8, 4) is 23.0 Å². The van der Waals surface area contributed by atoms with Crippen molar-refractivity contribution in [2.24, 2.45) is 0 Å². The second kappa shape index (κ2) is 6.75. The molecule has 0 aliphatic rings. The summed E-state index contributed by atoms with van der Waals surface area (Å²) in [6, 6.07) is 19.4. The molecule has 0 aliphatic carbocycles. The summed E-state index contributed by atoms with van der Waals surface area (Å²) in [5, 5.41) is 21.4. The summed E-state index contributed by atoms with van der Waals surface area (Å²) in [7, 11) is 0. The molecule has 0 aliphatic heterocycles. The smallest absolute Gasteiger partial charge is 0.255 e. The fraction of sp³-hybridized carbons (Fsp3) is 0. The van der Waals surface area contributed by atoms with Crippen molar-refractivity contribution in [2.75, 3.05) is 5.32 Å². The van der Waals surface area contributed by atoms with Crippen LogP contribution in [0.5, 0.6) is 23.0 Å². The lowest BCUT2D eigenvalue weighted by Gasteiger charge is -2.08. The lowest BCUT2D eigenvalue weighted by molar-refractivity contribution is 0.102. The fourth-order valence-electron chi connectivity index (χ4n) is 2.11. The number of benzene rings is 3. The highest BCUT2D eigenvalue weighted by molar-refractivity contribution is 6.04. The third-order valence-corrected chi connectivity index (χ3v) is 3.29. The van der Waals surface area contributed by atoms with Gasteiger partial charge in [0.25, 0.3) is 5.91 Å². The van der Waals surface area contributed by atoms with E-state index in [0.29, 0.717) is 22.7 Å². The molecule has 0 saturated carbocycles. The van der Waals surface area contributed by atoms with Gasteiger partial charge in [-0.15, -0.1) is 0 Å². The molecule has 120 valence electrons. The van der Waals surface area contributed by atoms with E-state index in [4.69, 9.17) is 4.74 Å². The Bertz CT molecular complexity index is 842. The number of anilines is 1. The summed E-state index contributed by atoms with van der Waals surface area (Å²) in [6.07, 6.45) is 0. The average Bonchev–Trinajstić information content (AvgIpc) is 2.59. The third-order valence-electron chi connectivity index (χ3n) is 3.29. The number of hydrogen-bond donors (Lipinski definition) is 3. The van der Waals surface area contributed by atoms with Crippen LogP contribution in [0, 0.1) is 0 Å². The minimum absolute atomic E-state index is 0.0419. The van der Waals surface area contributed by atoms with Crippen molar-refractivity contribution in [3.05, 3.63) is 78.4 Å². The number of amides is 1. The van der Waals surface area contributed by atoms with E-state index in [2.05, 4.69) is 5.32 Å². The van der Waals surface area contributed by atoms with E-state index in [-0.39, 0.29) is 17.4 Å². The van der Waals surface area contributed by atoms with E-state index in [1.807, 2.05) is 0 Å². The Morgan fingerprint density at radius 3 is 2.04 bits per heavy atom. The molecule has 0 saturated heterocycles. The van der Waals surface area contributed by atoms with Crippen molar-refractivity contribution in [1.82, 2.24) is 0 Å². The highest BCUT2D eigenvalue weighted by Crippen LogP contribution is 2.25. The number of hydrogen-bond acceptors (Lipinski definition) is 4. The number of ether oxygens (including phenoxy) is 1. The van der Waals surface area contributed by atoms with Crippen LogP contribution in [-0.4, -0.2) is 16.1 Å². The van der Waals surface area contributed by atoms with Crippen LogP contribution in [0.3, 0.4) is 0 Å². The van der Waals surface area contributed by atoms with Crippen LogP contribution in [0.2, 0.25) is 0 Å². The Labute approximate surface area is 138 Å². The van der Waals surface area contributed by atoms with Crippen molar-refractivity contribution in [1.29, 1.82) is 0 Å². The number of carbonyl (C=O) groups excluding carboxylic acids is 1. The molecular formula is C19H15NO4. The van der Waals surface area contributed by atoms with Crippen LogP contribution in [-0.2, 0) is 0 Å². The van der Waals surface area contributed by atoms with Gasteiger partial charge in [-0.1, -0.05) is 6.07 Å². The van der Waals surface area contributed by atoms with Gasteiger partial charge in [0.05, 0.1) is 0 Å². The highest BCUT2D eigenvalue weighted by Gasteiger charge is 2.07. The number of aromatic hydroxyl groups is 2. The summed E-state index contributed by atoms with van der Waals surface area (Å²) >= 11 is 0. The maximum Gasteiger partial charge on any atom is 0.255 e. The van der Waals surface area contributed by atoms with Gasteiger partial charge in [-0.25, -0.2) is 0 Å². The Morgan fingerprint density at radius 1 is 0.792 bits per heavy atom. The van der Waals surface area contributed by atoms with Crippen LogP contribution in [0.4, 0.5) is 5.69 Å². The van der Waals surface area contributed by atoms with Gasteiger partial charge < -0.3 is 20.3 Å². The second-order valence-corrected chi connectivity index (χ2v) is 5.12. The number of carbonyl (C=O) groups is 1.